The molecule has 0 amide bonds. The number of hydrogen-bond donors (Lipinski definition) is 2. The molecule has 0 aliphatic heterocycles. The number of rotatable bonds is 5. The lowest BCUT2D eigenvalue weighted by Gasteiger charge is -2.06. The quantitative estimate of drug-likeness (QED) is 0.869. The number of carboxylic acid groups (broad SMARTS) is 1. The van der Waals surface area contributed by atoms with Gasteiger partial charge in [-0.15, -0.1) is 0 Å². The maximum absolute atomic E-state index is 12.4. The van der Waals surface area contributed by atoms with E-state index in [9.17, 15) is 18.0 Å². The Labute approximate surface area is 129 Å². The molecule has 1 aliphatic carbocycles. The van der Waals surface area contributed by atoms with Crippen molar-refractivity contribution in [2.75, 3.05) is 5.32 Å². The van der Waals surface area contributed by atoms with Crippen LogP contribution in [0.25, 0.3) is 0 Å². The molecule has 7 heteroatoms. The molecule has 1 saturated carbocycles. The van der Waals surface area contributed by atoms with Crippen LogP contribution < -0.4 is 5.32 Å². The minimum Gasteiger partial charge on any atom is -0.481 e. The van der Waals surface area contributed by atoms with Gasteiger partial charge in [-0.25, -0.2) is 0 Å². The minimum atomic E-state index is -4.48. The third kappa shape index (κ3) is 3.49. The third-order valence-corrected chi connectivity index (χ3v) is 3.85. The van der Waals surface area contributed by atoms with Gasteiger partial charge in [-0.05, 0) is 42.2 Å². The van der Waals surface area contributed by atoms with Gasteiger partial charge in [-0.3, -0.25) is 4.79 Å². The van der Waals surface area contributed by atoms with Crippen LogP contribution in [0.5, 0.6) is 0 Å². The van der Waals surface area contributed by atoms with Crippen LogP contribution in [0.3, 0.4) is 0 Å². The molecule has 0 bridgehead atoms. The van der Waals surface area contributed by atoms with Crippen molar-refractivity contribution in [2.45, 2.75) is 25.1 Å². The van der Waals surface area contributed by atoms with E-state index in [0.717, 1.165) is 17.3 Å². The molecule has 1 aromatic carbocycles. The van der Waals surface area contributed by atoms with Crippen molar-refractivity contribution in [2.24, 2.45) is 5.92 Å². The van der Waals surface area contributed by atoms with E-state index >= 15 is 0 Å². The molecule has 1 fully saturated rings. The zero-order chi connectivity index (χ0) is 16.6. The van der Waals surface area contributed by atoms with E-state index in [0.29, 0.717) is 6.42 Å². The van der Waals surface area contributed by atoms with Crippen LogP contribution in [0.4, 0.5) is 18.9 Å². The summed E-state index contributed by atoms with van der Waals surface area (Å²) in [4.78, 5) is 10.8. The molecule has 2 atom stereocenters. The smallest absolute Gasteiger partial charge is 0.449 e. The van der Waals surface area contributed by atoms with Gasteiger partial charge < -0.3 is 14.8 Å². The number of halogens is 3. The van der Waals surface area contributed by atoms with Gasteiger partial charge in [-0.2, -0.15) is 13.2 Å². The Morgan fingerprint density at radius 2 is 1.91 bits per heavy atom. The van der Waals surface area contributed by atoms with Gasteiger partial charge in [0, 0.05) is 5.69 Å². The number of furan rings is 1. The van der Waals surface area contributed by atoms with Crippen molar-refractivity contribution in [1.82, 2.24) is 0 Å². The lowest BCUT2D eigenvalue weighted by atomic mass is 10.1. The fraction of sp³-hybridized carbons (Fsp3) is 0.312. The molecule has 2 N–H and O–H groups in total. The highest BCUT2D eigenvalue weighted by molar-refractivity contribution is 5.75. The zero-order valence-electron chi connectivity index (χ0n) is 11.9. The Balaban J connectivity index is 1.57. The molecule has 0 unspecified atom stereocenters. The molecule has 0 radical (unpaired) electrons. The van der Waals surface area contributed by atoms with E-state index in [1.807, 2.05) is 12.1 Å². The van der Waals surface area contributed by atoms with E-state index < -0.39 is 17.9 Å². The van der Waals surface area contributed by atoms with Crippen molar-refractivity contribution in [3.05, 3.63) is 53.5 Å². The number of benzene rings is 1. The topological polar surface area (TPSA) is 62.5 Å². The molecular formula is C16H14F3NO3. The molecule has 0 spiro atoms. The number of carboxylic acids is 1. The maximum Gasteiger partial charge on any atom is 0.449 e. The summed E-state index contributed by atoms with van der Waals surface area (Å²) in [6.45, 7) is 0.136. The molecule has 1 heterocycles. The predicted octanol–water partition coefficient (Wildman–Crippen LogP) is 4.10. The fourth-order valence-corrected chi connectivity index (χ4v) is 2.50. The van der Waals surface area contributed by atoms with Gasteiger partial charge in [0.2, 0.25) is 5.76 Å². The van der Waals surface area contributed by atoms with E-state index in [1.54, 1.807) is 12.1 Å². The molecule has 0 saturated heterocycles. The second-order valence-corrected chi connectivity index (χ2v) is 5.53. The van der Waals surface area contributed by atoms with Crippen LogP contribution in [0.2, 0.25) is 0 Å². The SMILES string of the molecule is O=C(O)[C@@H]1C[C@H]1c1ccc(NCc2ccc(C(F)(F)F)o2)cc1. The summed E-state index contributed by atoms with van der Waals surface area (Å²) in [6, 6.07) is 9.41. The van der Waals surface area contributed by atoms with Crippen molar-refractivity contribution in [3.63, 3.8) is 0 Å². The third-order valence-electron chi connectivity index (χ3n) is 3.85. The second kappa shape index (κ2) is 5.64. The van der Waals surface area contributed by atoms with E-state index in [2.05, 4.69) is 5.32 Å². The van der Waals surface area contributed by atoms with Crippen LogP contribution in [-0.4, -0.2) is 11.1 Å². The highest BCUT2D eigenvalue weighted by atomic mass is 19.4. The van der Waals surface area contributed by atoms with Crippen molar-refractivity contribution >= 4 is 11.7 Å². The number of nitrogens with one attached hydrogen (secondary N) is 1. The Hall–Kier alpha value is -2.44. The van der Waals surface area contributed by atoms with Crippen molar-refractivity contribution in [1.29, 1.82) is 0 Å². The first-order valence-electron chi connectivity index (χ1n) is 7.07. The van der Waals surface area contributed by atoms with Crippen LogP contribution in [0.15, 0.2) is 40.8 Å². The van der Waals surface area contributed by atoms with Crippen LogP contribution in [0.1, 0.15) is 29.4 Å². The van der Waals surface area contributed by atoms with Gasteiger partial charge >= 0.3 is 12.1 Å². The highest BCUT2D eigenvalue weighted by Crippen LogP contribution is 2.47. The average molecular weight is 325 g/mol. The first-order chi connectivity index (χ1) is 10.8. The van der Waals surface area contributed by atoms with Gasteiger partial charge in [0.25, 0.3) is 0 Å². The van der Waals surface area contributed by atoms with Crippen LogP contribution in [0, 0.1) is 5.92 Å². The molecular weight excluding hydrogens is 311 g/mol. The first kappa shape index (κ1) is 15.5. The van der Waals surface area contributed by atoms with Crippen LogP contribution in [-0.2, 0) is 17.5 Å². The standard InChI is InChI=1S/C16H14F3NO3/c17-16(18,19)14-6-5-11(23-14)8-20-10-3-1-9(2-4-10)12-7-13(12)15(21)22/h1-6,12-13,20H,7-8H2,(H,21,22)/t12-,13+/m0/s1. The summed E-state index contributed by atoms with van der Waals surface area (Å²) in [5.41, 5.74) is 1.69. The number of aliphatic carboxylic acids is 1. The summed E-state index contributed by atoms with van der Waals surface area (Å²) < 4.78 is 42.0. The summed E-state index contributed by atoms with van der Waals surface area (Å²) in [5, 5.41) is 11.9. The van der Waals surface area contributed by atoms with Gasteiger partial charge in [0.15, 0.2) is 0 Å². The summed E-state index contributed by atoms with van der Waals surface area (Å²) in [5.74, 6) is -1.86. The number of alkyl halides is 3. The normalized spacial score (nSPS) is 20.3. The lowest BCUT2D eigenvalue weighted by Crippen LogP contribution is -2.03. The molecule has 122 valence electrons. The molecule has 1 aliphatic rings. The highest BCUT2D eigenvalue weighted by Gasteiger charge is 2.44. The molecule has 4 nitrogen and oxygen atoms in total. The molecule has 2 aromatic rings. The summed E-state index contributed by atoms with van der Waals surface area (Å²) in [6.07, 6.45) is -3.83. The molecule has 1 aromatic heterocycles. The van der Waals surface area contributed by atoms with E-state index in [-0.39, 0.29) is 24.1 Å². The van der Waals surface area contributed by atoms with Crippen LogP contribution >= 0.6 is 0 Å². The Kier molecular flexibility index (Phi) is 3.79. The Bertz CT molecular complexity index is 706. The zero-order valence-corrected chi connectivity index (χ0v) is 11.9. The Morgan fingerprint density at radius 1 is 1.22 bits per heavy atom. The molecule has 3 rings (SSSR count). The number of carbonyl (C=O) groups is 1. The van der Waals surface area contributed by atoms with E-state index in [1.165, 1.54) is 6.07 Å². The second-order valence-electron chi connectivity index (χ2n) is 5.53. The monoisotopic (exact) mass is 325 g/mol. The largest absolute Gasteiger partial charge is 0.481 e. The first-order valence-corrected chi connectivity index (χ1v) is 7.07. The predicted molar refractivity (Wildman–Crippen MR) is 76.0 cm³/mol. The Morgan fingerprint density at radius 3 is 2.43 bits per heavy atom. The summed E-state index contributed by atoms with van der Waals surface area (Å²) >= 11 is 0. The number of hydrogen-bond acceptors (Lipinski definition) is 3. The molecule has 23 heavy (non-hydrogen) atoms. The maximum atomic E-state index is 12.4. The van der Waals surface area contributed by atoms with Gasteiger partial charge in [-0.1, -0.05) is 12.1 Å². The number of anilines is 1. The lowest BCUT2D eigenvalue weighted by molar-refractivity contribution is -0.153. The van der Waals surface area contributed by atoms with Gasteiger partial charge in [0.1, 0.15) is 5.76 Å². The van der Waals surface area contributed by atoms with E-state index in [4.69, 9.17) is 9.52 Å². The minimum absolute atomic E-state index is 0.0565. The summed E-state index contributed by atoms with van der Waals surface area (Å²) in [7, 11) is 0. The van der Waals surface area contributed by atoms with Crippen molar-refractivity contribution < 1.29 is 27.5 Å². The van der Waals surface area contributed by atoms with Crippen molar-refractivity contribution in [3.8, 4) is 0 Å². The average Bonchev–Trinajstić information content (AvgIpc) is 3.15. The van der Waals surface area contributed by atoms with Gasteiger partial charge in [0.05, 0.1) is 12.5 Å². The fourth-order valence-electron chi connectivity index (χ4n) is 2.50.